The third-order valence-electron chi connectivity index (χ3n) is 3.23. The number of hydrogen-bond acceptors (Lipinski definition) is 2. The lowest BCUT2D eigenvalue weighted by Gasteiger charge is -2.33. The van der Waals surface area contributed by atoms with Gasteiger partial charge in [0.2, 0.25) is 0 Å². The molecule has 1 aromatic carbocycles. The molecule has 1 saturated heterocycles. The summed E-state index contributed by atoms with van der Waals surface area (Å²) in [7, 11) is 0. The van der Waals surface area contributed by atoms with Crippen LogP contribution in [0.1, 0.15) is 38.2 Å². The Bertz CT molecular complexity index is 325. The minimum Gasteiger partial charge on any atom is -0.399 e. The van der Waals surface area contributed by atoms with Gasteiger partial charge in [0.05, 0.1) is 0 Å². The van der Waals surface area contributed by atoms with Crippen LogP contribution in [0, 0.1) is 0 Å². The van der Waals surface area contributed by atoms with E-state index in [1.165, 1.54) is 18.4 Å². The Labute approximate surface area is 91.9 Å². The third kappa shape index (κ3) is 2.51. The average molecular weight is 204 g/mol. The van der Waals surface area contributed by atoms with Crippen molar-refractivity contribution in [3.8, 4) is 0 Å². The molecule has 0 radical (unpaired) electrons. The second-order valence-electron chi connectivity index (χ2n) is 4.81. The Morgan fingerprint density at radius 1 is 1.20 bits per heavy atom. The normalized spacial score (nSPS) is 31.5. The molecule has 2 heteroatoms. The fraction of sp³-hybridized carbons (Fsp3) is 0.538. The number of benzene rings is 1. The monoisotopic (exact) mass is 204 g/mol. The minimum atomic E-state index is 0.611. The standard InChI is InChI=1S/C13H20N2/c1-9-6-12(7-10(2)15-9)11-4-3-5-13(14)8-11/h3-5,8-10,12,15H,6-7,14H2,1-2H3. The number of nitrogens with two attached hydrogens (primary N) is 1. The second kappa shape index (κ2) is 4.23. The molecule has 0 aromatic heterocycles. The molecular formula is C13H20N2. The van der Waals surface area contributed by atoms with Crippen molar-refractivity contribution in [3.05, 3.63) is 29.8 Å². The van der Waals surface area contributed by atoms with Crippen molar-refractivity contribution in [1.82, 2.24) is 5.32 Å². The molecule has 1 aromatic rings. The fourth-order valence-electron chi connectivity index (χ4n) is 2.66. The highest BCUT2D eigenvalue weighted by Gasteiger charge is 2.24. The predicted molar refractivity (Wildman–Crippen MR) is 64.9 cm³/mol. The van der Waals surface area contributed by atoms with Crippen molar-refractivity contribution in [2.24, 2.45) is 0 Å². The summed E-state index contributed by atoms with van der Waals surface area (Å²) in [5, 5.41) is 3.56. The van der Waals surface area contributed by atoms with E-state index < -0.39 is 0 Å². The summed E-state index contributed by atoms with van der Waals surface area (Å²) in [4.78, 5) is 0. The number of rotatable bonds is 1. The Balaban J connectivity index is 2.16. The lowest BCUT2D eigenvalue weighted by atomic mass is 9.84. The van der Waals surface area contributed by atoms with Gasteiger partial charge in [0.1, 0.15) is 0 Å². The van der Waals surface area contributed by atoms with Crippen LogP contribution in [0.4, 0.5) is 5.69 Å². The van der Waals surface area contributed by atoms with E-state index in [9.17, 15) is 0 Å². The van der Waals surface area contributed by atoms with Gasteiger partial charge in [-0.3, -0.25) is 0 Å². The van der Waals surface area contributed by atoms with Crippen molar-refractivity contribution in [2.75, 3.05) is 5.73 Å². The summed E-state index contributed by atoms with van der Waals surface area (Å²) in [5.74, 6) is 0.666. The molecule has 15 heavy (non-hydrogen) atoms. The first kappa shape index (κ1) is 10.5. The molecule has 0 saturated carbocycles. The molecule has 0 aliphatic carbocycles. The second-order valence-corrected chi connectivity index (χ2v) is 4.81. The third-order valence-corrected chi connectivity index (χ3v) is 3.23. The minimum absolute atomic E-state index is 0.611. The zero-order valence-corrected chi connectivity index (χ0v) is 9.53. The van der Waals surface area contributed by atoms with E-state index in [0.717, 1.165) is 5.69 Å². The van der Waals surface area contributed by atoms with E-state index in [4.69, 9.17) is 5.73 Å². The van der Waals surface area contributed by atoms with E-state index in [2.05, 4.69) is 37.4 Å². The number of hydrogen-bond donors (Lipinski definition) is 2. The van der Waals surface area contributed by atoms with Crippen molar-refractivity contribution in [2.45, 2.75) is 44.7 Å². The van der Waals surface area contributed by atoms with Gasteiger partial charge in [-0.15, -0.1) is 0 Å². The fourth-order valence-corrected chi connectivity index (χ4v) is 2.66. The molecule has 2 atom stereocenters. The molecule has 1 fully saturated rings. The Hall–Kier alpha value is -1.02. The molecule has 3 N–H and O–H groups in total. The van der Waals surface area contributed by atoms with E-state index >= 15 is 0 Å². The van der Waals surface area contributed by atoms with E-state index in [1.54, 1.807) is 0 Å². The first-order chi connectivity index (χ1) is 7.15. The van der Waals surface area contributed by atoms with Gasteiger partial charge >= 0.3 is 0 Å². The average Bonchev–Trinajstić information content (AvgIpc) is 2.16. The van der Waals surface area contributed by atoms with Crippen LogP contribution >= 0.6 is 0 Å². The van der Waals surface area contributed by atoms with Crippen LogP contribution in [0.2, 0.25) is 0 Å². The summed E-state index contributed by atoms with van der Waals surface area (Å²) >= 11 is 0. The topological polar surface area (TPSA) is 38.0 Å². The number of nitrogen functional groups attached to an aromatic ring is 1. The molecule has 2 unspecified atom stereocenters. The van der Waals surface area contributed by atoms with Crippen LogP contribution < -0.4 is 11.1 Å². The lowest BCUT2D eigenvalue weighted by molar-refractivity contribution is 0.317. The highest BCUT2D eigenvalue weighted by atomic mass is 14.9. The lowest BCUT2D eigenvalue weighted by Crippen LogP contribution is -2.41. The van der Waals surface area contributed by atoms with E-state index in [0.29, 0.717) is 18.0 Å². The first-order valence-electron chi connectivity index (χ1n) is 5.76. The molecule has 0 bridgehead atoms. The SMILES string of the molecule is CC1CC(c2cccc(N)c2)CC(C)N1. The van der Waals surface area contributed by atoms with Gasteiger partial charge in [-0.25, -0.2) is 0 Å². The molecule has 1 heterocycles. The zero-order valence-electron chi connectivity index (χ0n) is 9.53. The van der Waals surface area contributed by atoms with E-state index in [1.807, 2.05) is 6.07 Å². The van der Waals surface area contributed by atoms with Crippen LogP contribution in [-0.2, 0) is 0 Å². The molecule has 0 spiro atoms. The number of nitrogens with one attached hydrogen (secondary N) is 1. The zero-order chi connectivity index (χ0) is 10.8. The van der Waals surface area contributed by atoms with Crippen LogP contribution in [0.3, 0.4) is 0 Å². The van der Waals surface area contributed by atoms with Crippen LogP contribution in [-0.4, -0.2) is 12.1 Å². The van der Waals surface area contributed by atoms with Gasteiger partial charge in [-0.05, 0) is 50.3 Å². The largest absolute Gasteiger partial charge is 0.399 e. The van der Waals surface area contributed by atoms with Crippen LogP contribution in [0.5, 0.6) is 0 Å². The van der Waals surface area contributed by atoms with Crippen molar-refractivity contribution in [3.63, 3.8) is 0 Å². The molecular weight excluding hydrogens is 184 g/mol. The van der Waals surface area contributed by atoms with Gasteiger partial charge < -0.3 is 11.1 Å². The highest BCUT2D eigenvalue weighted by Crippen LogP contribution is 2.30. The van der Waals surface area contributed by atoms with Gasteiger partial charge in [-0.1, -0.05) is 12.1 Å². The molecule has 0 amide bonds. The maximum Gasteiger partial charge on any atom is 0.0316 e. The molecule has 2 rings (SSSR count). The van der Waals surface area contributed by atoms with Crippen LogP contribution in [0.15, 0.2) is 24.3 Å². The summed E-state index contributed by atoms with van der Waals surface area (Å²) < 4.78 is 0. The Morgan fingerprint density at radius 2 is 1.87 bits per heavy atom. The van der Waals surface area contributed by atoms with E-state index in [-0.39, 0.29) is 0 Å². The highest BCUT2D eigenvalue weighted by molar-refractivity contribution is 5.42. The summed E-state index contributed by atoms with van der Waals surface area (Å²) in [6, 6.07) is 9.56. The summed E-state index contributed by atoms with van der Waals surface area (Å²) in [5.41, 5.74) is 8.10. The molecule has 82 valence electrons. The Kier molecular flexibility index (Phi) is 2.96. The number of anilines is 1. The van der Waals surface area contributed by atoms with Crippen molar-refractivity contribution in [1.29, 1.82) is 0 Å². The molecule has 2 nitrogen and oxygen atoms in total. The van der Waals surface area contributed by atoms with Crippen molar-refractivity contribution < 1.29 is 0 Å². The number of piperidine rings is 1. The smallest absolute Gasteiger partial charge is 0.0316 e. The predicted octanol–water partition coefficient (Wildman–Crippen LogP) is 2.51. The van der Waals surface area contributed by atoms with Crippen LogP contribution in [0.25, 0.3) is 0 Å². The quantitative estimate of drug-likeness (QED) is 0.690. The van der Waals surface area contributed by atoms with Crippen molar-refractivity contribution >= 4 is 5.69 Å². The first-order valence-corrected chi connectivity index (χ1v) is 5.76. The summed E-state index contributed by atoms with van der Waals surface area (Å²) in [6.45, 7) is 4.52. The van der Waals surface area contributed by atoms with Gasteiger partial charge in [-0.2, -0.15) is 0 Å². The maximum absolute atomic E-state index is 5.82. The summed E-state index contributed by atoms with van der Waals surface area (Å²) in [6.07, 6.45) is 2.43. The molecule has 1 aliphatic heterocycles. The molecule has 1 aliphatic rings. The van der Waals surface area contributed by atoms with Gasteiger partial charge in [0.15, 0.2) is 0 Å². The maximum atomic E-state index is 5.82. The van der Waals surface area contributed by atoms with Gasteiger partial charge in [0.25, 0.3) is 0 Å². The Morgan fingerprint density at radius 3 is 2.47 bits per heavy atom. The van der Waals surface area contributed by atoms with Gasteiger partial charge in [0, 0.05) is 17.8 Å².